The van der Waals surface area contributed by atoms with Crippen LogP contribution in [0.25, 0.3) is 0 Å². The van der Waals surface area contributed by atoms with Crippen LogP contribution >= 0.6 is 24.0 Å². The van der Waals surface area contributed by atoms with Gasteiger partial charge in [0.2, 0.25) is 5.91 Å². The zero-order chi connectivity index (χ0) is 16.2. The minimum atomic E-state index is 0. The maximum atomic E-state index is 12.3. The molecule has 0 aromatic heterocycles. The molecule has 0 radical (unpaired) electrons. The van der Waals surface area contributed by atoms with E-state index >= 15 is 0 Å². The van der Waals surface area contributed by atoms with Crippen LogP contribution in [0.2, 0.25) is 0 Å². The van der Waals surface area contributed by atoms with Gasteiger partial charge in [0.05, 0.1) is 13.2 Å². The summed E-state index contributed by atoms with van der Waals surface area (Å²) >= 11 is 0. The van der Waals surface area contributed by atoms with E-state index in [0.29, 0.717) is 19.0 Å². The Morgan fingerprint density at radius 3 is 2.67 bits per heavy atom. The zero-order valence-electron chi connectivity index (χ0n) is 14.1. The van der Waals surface area contributed by atoms with Gasteiger partial charge in [-0.2, -0.15) is 0 Å². The maximum absolute atomic E-state index is 12.3. The van der Waals surface area contributed by atoms with Gasteiger partial charge in [-0.25, -0.2) is 0 Å². The molecule has 7 heteroatoms. The Morgan fingerprint density at radius 1 is 1.29 bits per heavy atom. The molecule has 132 valence electrons. The van der Waals surface area contributed by atoms with E-state index in [9.17, 15) is 4.79 Å². The predicted molar refractivity (Wildman–Crippen MR) is 106 cm³/mol. The van der Waals surface area contributed by atoms with E-state index in [1.165, 1.54) is 19.3 Å². The van der Waals surface area contributed by atoms with Gasteiger partial charge in [-0.05, 0) is 31.4 Å². The van der Waals surface area contributed by atoms with Crippen LogP contribution in [0.15, 0.2) is 29.3 Å². The molecule has 2 aliphatic rings. The molecule has 1 unspecified atom stereocenters. The predicted octanol–water partition coefficient (Wildman–Crippen LogP) is 2.14. The smallest absolute Gasteiger partial charge is 0.229 e. The van der Waals surface area contributed by atoms with Gasteiger partial charge in [0.15, 0.2) is 5.96 Å². The second kappa shape index (κ2) is 8.55. The number of nitrogens with one attached hydrogen (secondary N) is 2. The minimum absolute atomic E-state index is 0. The molecule has 3 rings (SSSR count). The number of guanidine groups is 1. The first-order chi connectivity index (χ1) is 11.2. The summed E-state index contributed by atoms with van der Waals surface area (Å²) in [7, 11) is 3.40. The Balaban J connectivity index is 0.00000208. The van der Waals surface area contributed by atoms with Gasteiger partial charge in [-0.1, -0.05) is 6.07 Å². The number of benzene rings is 1. The molecule has 1 aromatic carbocycles. The Morgan fingerprint density at radius 2 is 2.04 bits per heavy atom. The molecule has 1 aliphatic carbocycles. The molecule has 1 saturated heterocycles. The van der Waals surface area contributed by atoms with Crippen molar-refractivity contribution in [1.82, 2.24) is 10.6 Å². The topological polar surface area (TPSA) is 66.0 Å². The third-order valence-corrected chi connectivity index (χ3v) is 4.50. The van der Waals surface area contributed by atoms with Gasteiger partial charge in [-0.15, -0.1) is 24.0 Å². The molecule has 6 nitrogen and oxygen atoms in total. The molecule has 1 saturated carbocycles. The van der Waals surface area contributed by atoms with Crippen LogP contribution in [0.1, 0.15) is 25.7 Å². The number of hydrogen-bond acceptors (Lipinski definition) is 3. The highest BCUT2D eigenvalue weighted by Crippen LogP contribution is 2.25. The standard InChI is InChI=1S/C17H24N4O2.HI/c1-18-17(19-12-5-3-6-12)20-13-9-16(22)21(11-13)14-7-4-8-15(10-14)23-2;/h4,7-8,10,12-13H,3,5-6,9,11H2,1-2H3,(H2,18,19,20);1H. The molecule has 24 heavy (non-hydrogen) atoms. The number of hydrogen-bond donors (Lipinski definition) is 2. The lowest BCUT2D eigenvalue weighted by atomic mass is 9.93. The highest BCUT2D eigenvalue weighted by Gasteiger charge is 2.31. The highest BCUT2D eigenvalue weighted by atomic mass is 127. The van der Waals surface area contributed by atoms with Crippen molar-refractivity contribution < 1.29 is 9.53 Å². The zero-order valence-corrected chi connectivity index (χ0v) is 16.4. The van der Waals surface area contributed by atoms with Crippen molar-refractivity contribution >= 4 is 41.5 Å². The number of carbonyl (C=O) groups is 1. The molecular weight excluding hydrogens is 419 g/mol. The van der Waals surface area contributed by atoms with E-state index in [2.05, 4.69) is 15.6 Å². The largest absolute Gasteiger partial charge is 0.497 e. The van der Waals surface area contributed by atoms with Crippen molar-refractivity contribution in [3.63, 3.8) is 0 Å². The summed E-state index contributed by atoms with van der Waals surface area (Å²) in [4.78, 5) is 18.4. The van der Waals surface area contributed by atoms with E-state index in [4.69, 9.17) is 4.74 Å². The summed E-state index contributed by atoms with van der Waals surface area (Å²) in [5.41, 5.74) is 0.876. The Bertz CT molecular complexity index is 604. The van der Waals surface area contributed by atoms with E-state index in [-0.39, 0.29) is 35.9 Å². The fourth-order valence-corrected chi connectivity index (χ4v) is 2.94. The van der Waals surface area contributed by atoms with E-state index in [0.717, 1.165) is 17.4 Å². The quantitative estimate of drug-likeness (QED) is 0.425. The van der Waals surface area contributed by atoms with Crippen LogP contribution in [0, 0.1) is 0 Å². The molecule has 1 heterocycles. The first kappa shape index (κ1) is 18.8. The van der Waals surface area contributed by atoms with E-state index < -0.39 is 0 Å². The summed E-state index contributed by atoms with van der Waals surface area (Å²) in [5.74, 6) is 1.67. The number of aliphatic imine (C=N–C) groups is 1. The average Bonchev–Trinajstić information content (AvgIpc) is 2.90. The lowest BCUT2D eigenvalue weighted by Crippen LogP contribution is -2.50. The van der Waals surface area contributed by atoms with Crippen LogP contribution in [0.5, 0.6) is 5.75 Å². The van der Waals surface area contributed by atoms with Crippen LogP contribution < -0.4 is 20.3 Å². The molecular formula is C17H25IN4O2. The molecule has 1 amide bonds. The molecule has 0 bridgehead atoms. The summed E-state index contributed by atoms with van der Waals surface area (Å²) in [6.45, 7) is 0.636. The minimum Gasteiger partial charge on any atom is -0.497 e. The van der Waals surface area contributed by atoms with Crippen LogP contribution in [-0.4, -0.2) is 44.7 Å². The normalized spacial score (nSPS) is 21.1. The van der Waals surface area contributed by atoms with Crippen molar-refractivity contribution in [1.29, 1.82) is 0 Å². The molecule has 2 N–H and O–H groups in total. The van der Waals surface area contributed by atoms with E-state index in [1.54, 1.807) is 19.1 Å². The van der Waals surface area contributed by atoms with Gasteiger partial charge in [-0.3, -0.25) is 9.79 Å². The first-order valence-electron chi connectivity index (χ1n) is 8.14. The number of methoxy groups -OCH3 is 1. The Labute approximate surface area is 160 Å². The molecule has 2 fully saturated rings. The average molecular weight is 444 g/mol. The van der Waals surface area contributed by atoms with Crippen LogP contribution in [-0.2, 0) is 4.79 Å². The summed E-state index contributed by atoms with van der Waals surface area (Å²) in [6, 6.07) is 8.20. The van der Waals surface area contributed by atoms with Gasteiger partial charge < -0.3 is 20.3 Å². The van der Waals surface area contributed by atoms with Crippen molar-refractivity contribution in [2.75, 3.05) is 25.6 Å². The van der Waals surface area contributed by atoms with Gasteiger partial charge in [0.1, 0.15) is 5.75 Å². The number of anilines is 1. The SMILES string of the molecule is CN=C(NC1CCC1)NC1CC(=O)N(c2cccc(OC)c2)C1.I. The summed E-state index contributed by atoms with van der Waals surface area (Å²) in [5, 5.41) is 6.78. The van der Waals surface area contributed by atoms with Crippen LogP contribution in [0.4, 0.5) is 5.69 Å². The molecule has 0 spiro atoms. The Kier molecular flexibility index (Phi) is 6.70. The molecule has 1 aliphatic heterocycles. The van der Waals surface area contributed by atoms with Gasteiger partial charge >= 0.3 is 0 Å². The second-order valence-corrected chi connectivity index (χ2v) is 6.10. The van der Waals surface area contributed by atoms with Gasteiger partial charge in [0.25, 0.3) is 0 Å². The first-order valence-corrected chi connectivity index (χ1v) is 8.14. The lowest BCUT2D eigenvalue weighted by Gasteiger charge is -2.29. The maximum Gasteiger partial charge on any atom is 0.229 e. The van der Waals surface area contributed by atoms with Crippen molar-refractivity contribution in [2.24, 2.45) is 4.99 Å². The summed E-state index contributed by atoms with van der Waals surface area (Å²) in [6.07, 6.45) is 4.14. The number of amides is 1. The number of carbonyl (C=O) groups excluding carboxylic acids is 1. The van der Waals surface area contributed by atoms with E-state index in [1.807, 2.05) is 24.3 Å². The van der Waals surface area contributed by atoms with Crippen molar-refractivity contribution in [3.05, 3.63) is 24.3 Å². The fraction of sp³-hybridized carbons (Fsp3) is 0.529. The lowest BCUT2D eigenvalue weighted by molar-refractivity contribution is -0.117. The number of ether oxygens (including phenoxy) is 1. The monoisotopic (exact) mass is 444 g/mol. The third kappa shape index (κ3) is 4.31. The van der Waals surface area contributed by atoms with Crippen LogP contribution in [0.3, 0.4) is 0 Å². The summed E-state index contributed by atoms with van der Waals surface area (Å²) < 4.78 is 5.24. The molecule has 1 aromatic rings. The number of rotatable bonds is 4. The second-order valence-electron chi connectivity index (χ2n) is 6.10. The number of nitrogens with zero attached hydrogens (tertiary/aromatic N) is 2. The number of halogens is 1. The third-order valence-electron chi connectivity index (χ3n) is 4.50. The Hall–Kier alpha value is -1.51. The highest BCUT2D eigenvalue weighted by molar-refractivity contribution is 14.0. The molecule has 1 atom stereocenters. The van der Waals surface area contributed by atoms with Crippen molar-refractivity contribution in [3.8, 4) is 5.75 Å². The van der Waals surface area contributed by atoms with Crippen molar-refractivity contribution in [2.45, 2.75) is 37.8 Å². The fourth-order valence-electron chi connectivity index (χ4n) is 2.94. The van der Waals surface area contributed by atoms with Gasteiger partial charge in [0, 0.05) is 37.8 Å².